The lowest BCUT2D eigenvalue weighted by Crippen LogP contribution is -2.41. The van der Waals surface area contributed by atoms with Gasteiger partial charge in [-0.25, -0.2) is 0 Å². The number of carbonyl (C=O) groups is 1. The predicted molar refractivity (Wildman–Crippen MR) is 101 cm³/mol. The van der Waals surface area contributed by atoms with Gasteiger partial charge in [-0.05, 0) is 34.0 Å². The van der Waals surface area contributed by atoms with E-state index < -0.39 is 8.07 Å². The second-order valence-corrected chi connectivity index (χ2v) is 12.5. The van der Waals surface area contributed by atoms with E-state index in [-0.39, 0.29) is 5.78 Å². The summed E-state index contributed by atoms with van der Waals surface area (Å²) in [4.78, 5) is 13.1. The fourth-order valence-corrected chi connectivity index (χ4v) is 5.28. The van der Waals surface area contributed by atoms with Gasteiger partial charge in [0.2, 0.25) is 0 Å². The Morgan fingerprint density at radius 2 is 1.48 bits per heavy atom. The summed E-state index contributed by atoms with van der Waals surface area (Å²) in [7, 11) is -1.63. The molecular formula is C21H20OSi. The summed E-state index contributed by atoms with van der Waals surface area (Å²) >= 11 is 0. The molecule has 0 bridgehead atoms. The van der Waals surface area contributed by atoms with Crippen molar-refractivity contribution in [2.45, 2.75) is 26.6 Å². The molecule has 0 aliphatic heterocycles. The van der Waals surface area contributed by atoms with Gasteiger partial charge in [-0.1, -0.05) is 68.2 Å². The first-order chi connectivity index (χ1) is 10.9. The van der Waals surface area contributed by atoms with Crippen molar-refractivity contribution in [2.24, 2.45) is 0 Å². The zero-order chi connectivity index (χ0) is 16.4. The molecule has 4 rings (SSSR count). The molecule has 0 amide bonds. The Labute approximate surface area is 138 Å². The van der Waals surface area contributed by atoms with Crippen molar-refractivity contribution in [3.8, 4) is 11.1 Å². The highest BCUT2D eigenvalue weighted by atomic mass is 28.3. The molecule has 0 N–H and O–H groups in total. The molecule has 3 aromatic rings. The molecule has 1 aliphatic rings. The lowest BCUT2D eigenvalue weighted by Gasteiger charge is -2.22. The van der Waals surface area contributed by atoms with E-state index in [9.17, 15) is 4.79 Å². The van der Waals surface area contributed by atoms with Crippen molar-refractivity contribution in [1.29, 1.82) is 0 Å². The average molecular weight is 316 g/mol. The fraction of sp³-hybridized carbons (Fsp3) is 0.190. The summed E-state index contributed by atoms with van der Waals surface area (Å²) in [5.41, 5.74) is 5.36. The van der Waals surface area contributed by atoms with E-state index >= 15 is 0 Å². The van der Waals surface area contributed by atoms with E-state index in [2.05, 4.69) is 56.9 Å². The summed E-state index contributed by atoms with van der Waals surface area (Å²) < 4.78 is 0. The van der Waals surface area contributed by atoms with Crippen molar-refractivity contribution in [1.82, 2.24) is 0 Å². The summed E-state index contributed by atoms with van der Waals surface area (Å²) in [5, 5.41) is 3.78. The molecule has 0 spiro atoms. The van der Waals surface area contributed by atoms with Crippen LogP contribution >= 0.6 is 0 Å². The Morgan fingerprint density at radius 1 is 0.783 bits per heavy atom. The summed E-state index contributed by atoms with van der Waals surface area (Å²) in [6, 6.07) is 16.8. The molecule has 0 radical (unpaired) electrons. The number of hydrogen-bond donors (Lipinski definition) is 0. The predicted octanol–water partition coefficient (Wildman–Crippen LogP) is 4.90. The van der Waals surface area contributed by atoms with Gasteiger partial charge in [-0.15, -0.1) is 0 Å². The average Bonchev–Trinajstić information content (AvgIpc) is 2.81. The molecule has 0 heterocycles. The Balaban J connectivity index is 2.26. The zero-order valence-corrected chi connectivity index (χ0v) is 15.0. The van der Waals surface area contributed by atoms with E-state index in [1.807, 2.05) is 18.2 Å². The molecule has 0 saturated heterocycles. The summed E-state index contributed by atoms with van der Waals surface area (Å²) in [6.45, 7) is 9.13. The number of rotatable bonds is 1. The van der Waals surface area contributed by atoms with Crippen LogP contribution in [-0.2, 0) is 0 Å². The highest BCUT2D eigenvalue weighted by Crippen LogP contribution is 2.41. The molecule has 0 fully saturated rings. The van der Waals surface area contributed by atoms with E-state index in [4.69, 9.17) is 0 Å². The van der Waals surface area contributed by atoms with Crippen LogP contribution < -0.4 is 5.19 Å². The van der Waals surface area contributed by atoms with Crippen molar-refractivity contribution < 1.29 is 4.79 Å². The van der Waals surface area contributed by atoms with Gasteiger partial charge in [0.05, 0.1) is 8.07 Å². The number of carbonyl (C=O) groups excluding carboxylic acids is 1. The lowest BCUT2D eigenvalue weighted by atomic mass is 9.95. The van der Waals surface area contributed by atoms with Gasteiger partial charge in [0.25, 0.3) is 0 Å². The number of hydrogen-bond acceptors (Lipinski definition) is 1. The quantitative estimate of drug-likeness (QED) is 0.456. The monoisotopic (exact) mass is 316 g/mol. The maximum absolute atomic E-state index is 13.1. The molecule has 0 atom stereocenters. The van der Waals surface area contributed by atoms with Gasteiger partial charge in [0.1, 0.15) is 0 Å². The van der Waals surface area contributed by atoms with Gasteiger partial charge in [0.15, 0.2) is 5.78 Å². The number of benzene rings is 3. The summed E-state index contributed by atoms with van der Waals surface area (Å²) in [5.74, 6) is 0.205. The first-order valence-electron chi connectivity index (χ1n) is 8.10. The minimum atomic E-state index is -1.63. The van der Waals surface area contributed by atoms with E-state index in [1.54, 1.807) is 0 Å². The van der Waals surface area contributed by atoms with Gasteiger partial charge in [-0.3, -0.25) is 4.79 Å². The fourth-order valence-electron chi connectivity index (χ4n) is 3.72. The Bertz CT molecular complexity index is 977. The number of aryl methyl sites for hydroxylation is 1. The third kappa shape index (κ3) is 1.95. The molecule has 3 aromatic carbocycles. The van der Waals surface area contributed by atoms with Crippen LogP contribution in [0, 0.1) is 6.92 Å². The van der Waals surface area contributed by atoms with Crippen LogP contribution in [0.4, 0.5) is 0 Å². The molecule has 114 valence electrons. The van der Waals surface area contributed by atoms with Crippen LogP contribution in [-0.4, -0.2) is 13.9 Å². The SMILES string of the molecule is Cc1cccc2c3c(c([Si](C)(C)C)cc12)C(=O)c1ccccc1-3. The Kier molecular flexibility index (Phi) is 2.91. The molecule has 0 saturated carbocycles. The van der Waals surface area contributed by atoms with E-state index in [1.165, 1.54) is 21.5 Å². The molecule has 0 aromatic heterocycles. The topological polar surface area (TPSA) is 17.1 Å². The van der Waals surface area contributed by atoms with Crippen LogP contribution in [0.5, 0.6) is 0 Å². The Morgan fingerprint density at radius 3 is 2.17 bits per heavy atom. The molecule has 1 aliphatic carbocycles. The second kappa shape index (κ2) is 4.65. The van der Waals surface area contributed by atoms with Crippen LogP contribution in [0.2, 0.25) is 19.6 Å². The third-order valence-corrected chi connectivity index (χ3v) is 6.89. The zero-order valence-electron chi connectivity index (χ0n) is 14.0. The lowest BCUT2D eigenvalue weighted by molar-refractivity contribution is 0.104. The number of ketones is 1. The second-order valence-electron chi connectivity index (χ2n) is 7.47. The molecule has 2 heteroatoms. The largest absolute Gasteiger partial charge is 0.289 e. The molecular weight excluding hydrogens is 296 g/mol. The van der Waals surface area contributed by atoms with Crippen molar-refractivity contribution >= 4 is 29.8 Å². The van der Waals surface area contributed by atoms with E-state index in [0.29, 0.717) is 0 Å². The normalized spacial score (nSPS) is 13.3. The first-order valence-corrected chi connectivity index (χ1v) is 11.6. The van der Waals surface area contributed by atoms with Crippen LogP contribution in [0.3, 0.4) is 0 Å². The van der Waals surface area contributed by atoms with Crippen molar-refractivity contribution in [2.75, 3.05) is 0 Å². The third-order valence-electron chi connectivity index (χ3n) is 4.88. The first kappa shape index (κ1) is 14.4. The van der Waals surface area contributed by atoms with Gasteiger partial charge >= 0.3 is 0 Å². The van der Waals surface area contributed by atoms with Crippen LogP contribution in [0.1, 0.15) is 21.5 Å². The van der Waals surface area contributed by atoms with Gasteiger partial charge in [-0.2, -0.15) is 0 Å². The van der Waals surface area contributed by atoms with Crippen molar-refractivity contribution in [3.63, 3.8) is 0 Å². The smallest absolute Gasteiger partial charge is 0.194 e. The van der Waals surface area contributed by atoms with Crippen molar-refractivity contribution in [3.05, 3.63) is 65.2 Å². The maximum atomic E-state index is 13.1. The number of fused-ring (bicyclic) bond motifs is 5. The highest BCUT2D eigenvalue weighted by Gasteiger charge is 2.34. The molecule has 1 nitrogen and oxygen atoms in total. The molecule has 23 heavy (non-hydrogen) atoms. The molecule has 0 unspecified atom stereocenters. The Hall–Kier alpha value is -2.19. The van der Waals surface area contributed by atoms with Gasteiger partial charge in [0, 0.05) is 16.7 Å². The van der Waals surface area contributed by atoms with E-state index in [0.717, 1.165) is 22.3 Å². The maximum Gasteiger partial charge on any atom is 0.194 e. The summed E-state index contributed by atoms with van der Waals surface area (Å²) in [6.07, 6.45) is 0. The minimum Gasteiger partial charge on any atom is -0.289 e. The van der Waals surface area contributed by atoms with Crippen LogP contribution in [0.25, 0.3) is 21.9 Å². The van der Waals surface area contributed by atoms with Crippen LogP contribution in [0.15, 0.2) is 48.5 Å². The standard InChI is InChI=1S/C21H20OSi/c1-13-8-7-11-15-17(13)12-18(23(2,3)4)20-19(15)14-9-5-6-10-16(14)21(20)22/h5-12H,1-4H3. The van der Waals surface area contributed by atoms with Gasteiger partial charge < -0.3 is 0 Å². The minimum absolute atomic E-state index is 0.205. The highest BCUT2D eigenvalue weighted by molar-refractivity contribution is 6.90.